The van der Waals surface area contributed by atoms with E-state index in [9.17, 15) is 0 Å². The van der Waals surface area contributed by atoms with Crippen LogP contribution in [0.2, 0.25) is 5.02 Å². The molecule has 0 fully saturated rings. The molecule has 0 spiro atoms. The van der Waals surface area contributed by atoms with Crippen LogP contribution in [0.25, 0.3) is 0 Å². The molecule has 0 aromatic heterocycles. The minimum atomic E-state index is 0.730. The van der Waals surface area contributed by atoms with Crippen molar-refractivity contribution < 1.29 is 0 Å². The molecule has 0 saturated carbocycles. The fraction of sp³-hybridized carbons (Fsp3) is 0.0714. The zero-order chi connectivity index (χ0) is 12.1. The predicted octanol–water partition coefficient (Wildman–Crippen LogP) is 3.78. The molecule has 1 radical (unpaired) electrons. The molecule has 0 aliphatic carbocycles. The summed E-state index contributed by atoms with van der Waals surface area (Å²) in [5.74, 6) is 0. The normalized spacial score (nSPS) is 11.5. The molecule has 0 heterocycles. The molecule has 0 bridgehead atoms. The van der Waals surface area contributed by atoms with Gasteiger partial charge in [0.05, 0.1) is 0 Å². The Morgan fingerprint density at radius 3 is 2.29 bits per heavy atom. The average Bonchev–Trinajstić information content (AvgIpc) is 2.33. The van der Waals surface area contributed by atoms with Gasteiger partial charge in [-0.15, -0.1) is 0 Å². The van der Waals surface area contributed by atoms with Gasteiger partial charge in [-0.2, -0.15) is 0 Å². The molecule has 17 heavy (non-hydrogen) atoms. The maximum absolute atomic E-state index is 5.82. The Balaban J connectivity index is 2.09. The number of halogens is 1. The van der Waals surface area contributed by atoms with E-state index in [1.165, 1.54) is 5.56 Å². The Bertz CT molecular complexity index is 506. The van der Waals surface area contributed by atoms with Crippen LogP contribution in [-0.4, -0.2) is 20.6 Å². The van der Waals surface area contributed by atoms with Gasteiger partial charge in [-0.25, -0.2) is 0 Å². The fourth-order valence-corrected chi connectivity index (χ4v) is 2.17. The first kappa shape index (κ1) is 12.4. The molecule has 0 aliphatic heterocycles. The zero-order valence-corrected chi connectivity index (χ0v) is 11.6. The molecule has 2 rings (SSSR count). The van der Waals surface area contributed by atoms with Gasteiger partial charge < -0.3 is 0 Å². The van der Waals surface area contributed by atoms with Gasteiger partial charge in [0.1, 0.15) is 0 Å². The maximum atomic E-state index is 5.82. The molecular weight excluding hydrogens is 297 g/mol. The van der Waals surface area contributed by atoms with Crippen molar-refractivity contribution in [3.05, 3.63) is 65.2 Å². The van der Waals surface area contributed by atoms with E-state index in [4.69, 9.17) is 11.6 Å². The summed E-state index contributed by atoms with van der Waals surface area (Å²) in [4.78, 5) is 4.50. The van der Waals surface area contributed by atoms with Gasteiger partial charge in [-0.1, -0.05) is 0 Å². The van der Waals surface area contributed by atoms with E-state index in [0.717, 1.165) is 21.7 Å². The second-order valence-electron chi connectivity index (χ2n) is 3.64. The summed E-state index contributed by atoms with van der Waals surface area (Å²) >= 11 is 8.83. The number of hydrogen-bond donors (Lipinski definition) is 0. The van der Waals surface area contributed by atoms with E-state index >= 15 is 0 Å². The van der Waals surface area contributed by atoms with Gasteiger partial charge in [0.15, 0.2) is 0 Å². The van der Waals surface area contributed by atoms with E-state index in [0.29, 0.717) is 0 Å². The van der Waals surface area contributed by atoms with Crippen molar-refractivity contribution in [2.24, 2.45) is 4.99 Å². The summed E-state index contributed by atoms with van der Waals surface area (Å²) in [5.41, 5.74) is 2.16. The second kappa shape index (κ2) is 6.02. The molecule has 85 valence electrons. The van der Waals surface area contributed by atoms with Gasteiger partial charge in [0.25, 0.3) is 0 Å². The minimum absolute atomic E-state index is 0.730. The van der Waals surface area contributed by atoms with Gasteiger partial charge in [0.2, 0.25) is 0 Å². The summed E-state index contributed by atoms with van der Waals surface area (Å²) in [7, 11) is 0. The molecule has 0 atom stereocenters. The van der Waals surface area contributed by atoms with E-state index in [-0.39, 0.29) is 0 Å². The predicted molar refractivity (Wildman–Crippen MR) is 74.4 cm³/mol. The molecular formula is C14H11ClNSe. The molecule has 0 unspecified atom stereocenters. The summed E-state index contributed by atoms with van der Waals surface area (Å²) in [6.45, 7) is 0. The fourth-order valence-electron chi connectivity index (χ4n) is 1.47. The molecule has 2 aromatic carbocycles. The van der Waals surface area contributed by atoms with Crippen molar-refractivity contribution in [1.29, 1.82) is 0 Å². The average molecular weight is 308 g/mol. The third-order valence-electron chi connectivity index (χ3n) is 2.28. The Morgan fingerprint density at radius 2 is 1.65 bits per heavy atom. The van der Waals surface area contributed by atoms with E-state index < -0.39 is 0 Å². The summed E-state index contributed by atoms with van der Waals surface area (Å²) in [6, 6.07) is 17.8. The standard InChI is InChI=1S/C14H11ClNSe/c15-12-6-8-13(9-7-12)16-14(17)10-11-4-2-1-3-5-11/h1-9H,10H2. The summed E-state index contributed by atoms with van der Waals surface area (Å²) in [5, 5.41) is 0.730. The van der Waals surface area contributed by atoms with Gasteiger partial charge in [-0.05, 0) is 0 Å². The van der Waals surface area contributed by atoms with Crippen LogP contribution in [0.1, 0.15) is 5.56 Å². The van der Waals surface area contributed by atoms with Gasteiger partial charge >= 0.3 is 115 Å². The number of rotatable bonds is 3. The summed E-state index contributed by atoms with van der Waals surface area (Å²) < 4.78 is 0.971. The molecule has 0 N–H and O–H groups in total. The first-order valence-electron chi connectivity index (χ1n) is 5.28. The second-order valence-corrected chi connectivity index (χ2v) is 5.07. The number of hydrogen-bond acceptors (Lipinski definition) is 1. The number of nitrogens with zero attached hydrogens (tertiary/aromatic N) is 1. The van der Waals surface area contributed by atoms with Crippen LogP contribution in [0, 0.1) is 0 Å². The molecule has 2 aromatic rings. The van der Waals surface area contributed by atoms with Crippen LogP contribution in [0.15, 0.2) is 59.6 Å². The quantitative estimate of drug-likeness (QED) is 0.604. The van der Waals surface area contributed by atoms with Crippen molar-refractivity contribution in [2.45, 2.75) is 6.42 Å². The Kier molecular flexibility index (Phi) is 4.38. The van der Waals surface area contributed by atoms with Crippen molar-refractivity contribution in [3.63, 3.8) is 0 Å². The monoisotopic (exact) mass is 308 g/mol. The first-order chi connectivity index (χ1) is 8.24. The van der Waals surface area contributed by atoms with Crippen LogP contribution < -0.4 is 0 Å². The van der Waals surface area contributed by atoms with E-state index in [2.05, 4.69) is 33.1 Å². The third kappa shape index (κ3) is 4.01. The van der Waals surface area contributed by atoms with Crippen molar-refractivity contribution in [3.8, 4) is 0 Å². The molecule has 0 saturated heterocycles. The Morgan fingerprint density at radius 1 is 1.00 bits per heavy atom. The first-order valence-corrected chi connectivity index (χ1v) is 6.51. The molecule has 0 amide bonds. The van der Waals surface area contributed by atoms with Crippen LogP contribution >= 0.6 is 11.6 Å². The Labute approximate surface area is 114 Å². The summed E-state index contributed by atoms with van der Waals surface area (Å²) in [6.07, 6.45) is 0.823. The molecule has 0 aliphatic rings. The Hall–Kier alpha value is -1.08. The van der Waals surface area contributed by atoms with Crippen molar-refractivity contribution in [1.82, 2.24) is 0 Å². The van der Waals surface area contributed by atoms with Gasteiger partial charge in [0, 0.05) is 0 Å². The zero-order valence-electron chi connectivity index (χ0n) is 9.14. The van der Waals surface area contributed by atoms with Crippen molar-refractivity contribution in [2.75, 3.05) is 0 Å². The molecule has 1 nitrogen and oxygen atoms in total. The SMILES string of the molecule is Clc1ccc(N=C([Se])Cc2ccccc2)cc1. The number of aliphatic imine (C=N–C) groups is 1. The third-order valence-corrected chi connectivity index (χ3v) is 3.02. The topological polar surface area (TPSA) is 12.4 Å². The number of benzene rings is 2. The van der Waals surface area contributed by atoms with Crippen LogP contribution in [0.4, 0.5) is 5.69 Å². The van der Waals surface area contributed by atoms with Gasteiger partial charge in [-0.3, -0.25) is 0 Å². The van der Waals surface area contributed by atoms with E-state index in [1.54, 1.807) is 0 Å². The molecule has 3 heteroatoms. The van der Waals surface area contributed by atoms with E-state index in [1.807, 2.05) is 42.5 Å². The van der Waals surface area contributed by atoms with Crippen LogP contribution in [0.3, 0.4) is 0 Å². The van der Waals surface area contributed by atoms with Crippen LogP contribution in [0.5, 0.6) is 0 Å². The van der Waals surface area contributed by atoms with Crippen LogP contribution in [-0.2, 0) is 6.42 Å². The van der Waals surface area contributed by atoms with Crippen molar-refractivity contribution >= 4 is 37.9 Å².